The summed E-state index contributed by atoms with van der Waals surface area (Å²) >= 11 is 5.84. The number of ether oxygens (including phenoxy) is 3. The lowest BCUT2D eigenvalue weighted by molar-refractivity contribution is -0.144. The molecule has 0 aromatic heterocycles. The first-order chi connectivity index (χ1) is 10.9. The molecule has 0 radical (unpaired) electrons. The summed E-state index contributed by atoms with van der Waals surface area (Å²) in [7, 11) is 1.36. The molecule has 0 aliphatic heterocycles. The molecule has 23 heavy (non-hydrogen) atoms. The average molecular weight is 335 g/mol. The zero-order valence-corrected chi connectivity index (χ0v) is 14.1. The number of carbonyl (C=O) groups is 1. The van der Waals surface area contributed by atoms with Gasteiger partial charge in [0.05, 0.1) is 13.5 Å². The Morgan fingerprint density at radius 2 is 1.43 bits per heavy atom. The third kappa shape index (κ3) is 5.49. The van der Waals surface area contributed by atoms with E-state index in [0.29, 0.717) is 22.3 Å². The fourth-order valence-electron chi connectivity index (χ4n) is 1.99. The molecule has 0 bridgehead atoms. The Morgan fingerprint density at radius 1 is 0.957 bits per heavy atom. The maximum absolute atomic E-state index is 11.4. The highest BCUT2D eigenvalue weighted by Crippen LogP contribution is 2.27. The van der Waals surface area contributed by atoms with Crippen LogP contribution in [0.1, 0.15) is 20.3 Å². The summed E-state index contributed by atoms with van der Waals surface area (Å²) in [6.45, 7) is 3.67. The molecule has 0 fully saturated rings. The van der Waals surface area contributed by atoms with Crippen molar-refractivity contribution in [2.24, 2.45) is 0 Å². The Bertz CT molecular complexity index is 648. The largest absolute Gasteiger partial charge is 0.487 e. The summed E-state index contributed by atoms with van der Waals surface area (Å²) in [6.07, 6.45) is 0.173. The van der Waals surface area contributed by atoms with E-state index in [0.717, 1.165) is 0 Å². The van der Waals surface area contributed by atoms with Gasteiger partial charge in [0.25, 0.3) is 0 Å². The van der Waals surface area contributed by atoms with Gasteiger partial charge in [0, 0.05) is 5.02 Å². The van der Waals surface area contributed by atoms with Gasteiger partial charge >= 0.3 is 5.97 Å². The number of benzene rings is 2. The van der Waals surface area contributed by atoms with Crippen molar-refractivity contribution in [1.82, 2.24) is 0 Å². The summed E-state index contributed by atoms with van der Waals surface area (Å²) in [5.74, 6) is 1.74. The average Bonchev–Trinajstić information content (AvgIpc) is 2.50. The van der Waals surface area contributed by atoms with Gasteiger partial charge in [-0.3, -0.25) is 4.79 Å². The van der Waals surface area contributed by atoms with E-state index in [4.69, 9.17) is 21.1 Å². The molecule has 0 unspecified atom stereocenters. The Labute approximate surface area is 140 Å². The predicted octanol–water partition coefficient (Wildman–Crippen LogP) is 4.85. The molecule has 4 nitrogen and oxygen atoms in total. The number of hydrogen-bond donors (Lipinski definition) is 0. The lowest BCUT2D eigenvalue weighted by Crippen LogP contribution is -2.31. The van der Waals surface area contributed by atoms with Gasteiger partial charge in [0.2, 0.25) is 0 Å². The number of hydrogen-bond acceptors (Lipinski definition) is 4. The molecule has 0 saturated heterocycles. The van der Waals surface area contributed by atoms with Crippen molar-refractivity contribution in [3.63, 3.8) is 0 Å². The second-order valence-corrected chi connectivity index (χ2v) is 6.08. The van der Waals surface area contributed by atoms with Crippen LogP contribution in [0, 0.1) is 0 Å². The molecule has 2 rings (SSSR count). The minimum atomic E-state index is -0.647. The fourth-order valence-corrected chi connectivity index (χ4v) is 2.12. The van der Waals surface area contributed by atoms with Gasteiger partial charge in [-0.1, -0.05) is 11.6 Å². The molecular weight excluding hydrogens is 316 g/mol. The van der Waals surface area contributed by atoms with E-state index in [-0.39, 0.29) is 12.4 Å². The van der Waals surface area contributed by atoms with Gasteiger partial charge in [0.1, 0.15) is 22.8 Å². The quantitative estimate of drug-likeness (QED) is 0.708. The van der Waals surface area contributed by atoms with Crippen molar-refractivity contribution in [3.05, 3.63) is 53.6 Å². The van der Waals surface area contributed by atoms with Crippen LogP contribution in [0.2, 0.25) is 5.02 Å². The van der Waals surface area contributed by atoms with Gasteiger partial charge in [-0.2, -0.15) is 0 Å². The molecular formula is C18H19ClO4. The predicted molar refractivity (Wildman–Crippen MR) is 89.3 cm³/mol. The van der Waals surface area contributed by atoms with Crippen molar-refractivity contribution in [2.45, 2.75) is 25.9 Å². The normalized spacial score (nSPS) is 11.0. The highest BCUT2D eigenvalue weighted by Gasteiger charge is 2.24. The van der Waals surface area contributed by atoms with Crippen LogP contribution in [0.25, 0.3) is 0 Å². The molecule has 2 aromatic carbocycles. The van der Waals surface area contributed by atoms with Gasteiger partial charge in [-0.05, 0) is 62.4 Å². The third-order valence-electron chi connectivity index (χ3n) is 3.06. The minimum Gasteiger partial charge on any atom is -0.487 e. The van der Waals surface area contributed by atoms with Crippen molar-refractivity contribution in [3.8, 4) is 17.2 Å². The second-order valence-electron chi connectivity index (χ2n) is 5.64. The number of methoxy groups -OCH3 is 1. The number of halogens is 1. The minimum absolute atomic E-state index is 0.173. The lowest BCUT2D eigenvalue weighted by Gasteiger charge is -2.25. The number of esters is 1. The van der Waals surface area contributed by atoms with Crippen LogP contribution in [-0.4, -0.2) is 18.7 Å². The summed E-state index contributed by atoms with van der Waals surface area (Å²) < 4.78 is 16.2. The fraction of sp³-hybridized carbons (Fsp3) is 0.278. The summed E-state index contributed by atoms with van der Waals surface area (Å²) in [5.41, 5.74) is -0.647. The van der Waals surface area contributed by atoms with Gasteiger partial charge < -0.3 is 14.2 Å². The van der Waals surface area contributed by atoms with E-state index in [1.807, 2.05) is 13.8 Å². The molecule has 0 amide bonds. The van der Waals surface area contributed by atoms with E-state index in [9.17, 15) is 4.79 Å². The van der Waals surface area contributed by atoms with E-state index in [1.54, 1.807) is 48.5 Å². The Kier molecular flexibility index (Phi) is 5.50. The Morgan fingerprint density at radius 3 is 1.96 bits per heavy atom. The van der Waals surface area contributed by atoms with E-state index in [1.165, 1.54) is 7.11 Å². The van der Waals surface area contributed by atoms with Crippen molar-refractivity contribution in [1.29, 1.82) is 0 Å². The van der Waals surface area contributed by atoms with E-state index < -0.39 is 5.60 Å². The molecule has 0 saturated carbocycles. The van der Waals surface area contributed by atoms with Gasteiger partial charge in [0.15, 0.2) is 0 Å². The van der Waals surface area contributed by atoms with Crippen molar-refractivity contribution < 1.29 is 19.0 Å². The number of carbonyl (C=O) groups excluding carboxylic acids is 1. The van der Waals surface area contributed by atoms with Crippen LogP contribution in [0.4, 0.5) is 0 Å². The zero-order valence-electron chi connectivity index (χ0n) is 13.3. The first kappa shape index (κ1) is 17.2. The zero-order chi connectivity index (χ0) is 16.9. The summed E-state index contributed by atoms with van der Waals surface area (Å²) in [6, 6.07) is 14.3. The van der Waals surface area contributed by atoms with Crippen LogP contribution in [0.5, 0.6) is 17.2 Å². The molecule has 0 heterocycles. The molecule has 0 aliphatic rings. The molecule has 2 aromatic rings. The summed E-state index contributed by atoms with van der Waals surface area (Å²) in [5, 5.41) is 0.661. The van der Waals surface area contributed by atoms with Crippen molar-refractivity contribution in [2.75, 3.05) is 7.11 Å². The van der Waals surface area contributed by atoms with Gasteiger partial charge in [-0.25, -0.2) is 0 Å². The van der Waals surface area contributed by atoms with Gasteiger partial charge in [-0.15, -0.1) is 0 Å². The molecule has 122 valence electrons. The maximum Gasteiger partial charge on any atom is 0.309 e. The van der Waals surface area contributed by atoms with Crippen LogP contribution in [0.3, 0.4) is 0 Å². The molecule has 0 aliphatic carbocycles. The summed E-state index contributed by atoms with van der Waals surface area (Å²) in [4.78, 5) is 11.4. The topological polar surface area (TPSA) is 44.8 Å². The van der Waals surface area contributed by atoms with Crippen LogP contribution >= 0.6 is 11.6 Å². The first-order valence-corrected chi connectivity index (χ1v) is 7.55. The number of rotatable bonds is 6. The standard InChI is InChI=1S/C18H19ClO4/c1-18(2,12-17(20)21-3)23-16-10-8-15(9-11-16)22-14-6-4-13(19)5-7-14/h4-11H,12H2,1-3H3. The molecule has 0 atom stereocenters. The monoisotopic (exact) mass is 334 g/mol. The SMILES string of the molecule is COC(=O)CC(C)(C)Oc1ccc(Oc2ccc(Cl)cc2)cc1. The molecule has 0 spiro atoms. The van der Waals surface area contributed by atoms with E-state index >= 15 is 0 Å². The first-order valence-electron chi connectivity index (χ1n) is 7.17. The highest BCUT2D eigenvalue weighted by atomic mass is 35.5. The highest BCUT2D eigenvalue weighted by molar-refractivity contribution is 6.30. The van der Waals surface area contributed by atoms with Crippen LogP contribution < -0.4 is 9.47 Å². The van der Waals surface area contributed by atoms with Crippen LogP contribution in [0.15, 0.2) is 48.5 Å². The second kappa shape index (κ2) is 7.38. The molecule has 5 heteroatoms. The third-order valence-corrected chi connectivity index (χ3v) is 3.32. The lowest BCUT2D eigenvalue weighted by atomic mass is 10.1. The maximum atomic E-state index is 11.4. The van der Waals surface area contributed by atoms with Crippen LogP contribution in [-0.2, 0) is 9.53 Å². The molecule has 0 N–H and O–H groups in total. The smallest absolute Gasteiger partial charge is 0.309 e. The Hall–Kier alpha value is -2.20. The Balaban J connectivity index is 1.99. The van der Waals surface area contributed by atoms with E-state index in [2.05, 4.69) is 4.74 Å². The van der Waals surface area contributed by atoms with Crippen molar-refractivity contribution >= 4 is 17.6 Å².